The third kappa shape index (κ3) is 2.77. The van der Waals surface area contributed by atoms with Gasteiger partial charge in [-0.05, 0) is 23.8 Å². The Balaban J connectivity index is 1.31. The topological polar surface area (TPSA) is 66.9 Å². The smallest absolute Gasteiger partial charge is 0.256 e. The van der Waals surface area contributed by atoms with Crippen LogP contribution in [0.2, 0.25) is 5.02 Å². The third-order valence-corrected chi connectivity index (χ3v) is 6.31. The second-order valence-electron chi connectivity index (χ2n) is 7.49. The molecule has 2 aromatic rings. The highest BCUT2D eigenvalue weighted by atomic mass is 35.5. The molecule has 1 spiro atoms. The van der Waals surface area contributed by atoms with Crippen molar-refractivity contribution in [1.29, 1.82) is 0 Å². The molecule has 0 aliphatic carbocycles. The van der Waals surface area contributed by atoms with Gasteiger partial charge in [0.05, 0.1) is 5.56 Å². The maximum Gasteiger partial charge on any atom is 0.256 e. The summed E-state index contributed by atoms with van der Waals surface area (Å²) in [5.74, 6) is 2.14. The van der Waals surface area contributed by atoms with E-state index in [1.165, 1.54) is 0 Å². The number of likely N-dealkylation sites (tertiary alicyclic amines) is 1. The van der Waals surface area contributed by atoms with Gasteiger partial charge in [0.1, 0.15) is 11.5 Å². The second-order valence-corrected chi connectivity index (χ2v) is 7.90. The van der Waals surface area contributed by atoms with Crippen LogP contribution < -0.4 is 19.7 Å². The molecule has 0 saturated carbocycles. The summed E-state index contributed by atoms with van der Waals surface area (Å²) >= 11 is 6.43. The van der Waals surface area contributed by atoms with Gasteiger partial charge in [0.15, 0.2) is 11.5 Å². The molecule has 1 aromatic carbocycles. The van der Waals surface area contributed by atoms with Crippen LogP contribution in [0.4, 0.5) is 5.82 Å². The zero-order chi connectivity index (χ0) is 19.3. The number of nitrogens with one attached hydrogen (secondary N) is 1. The van der Waals surface area contributed by atoms with Gasteiger partial charge in [-0.15, -0.1) is 0 Å². The van der Waals surface area contributed by atoms with E-state index in [-0.39, 0.29) is 12.7 Å². The van der Waals surface area contributed by atoms with Crippen LogP contribution in [0.25, 0.3) is 0 Å². The van der Waals surface area contributed by atoms with Crippen molar-refractivity contribution in [3.05, 3.63) is 46.6 Å². The van der Waals surface area contributed by atoms with Gasteiger partial charge in [-0.25, -0.2) is 4.98 Å². The molecule has 28 heavy (non-hydrogen) atoms. The minimum atomic E-state index is -0.395. The molecule has 3 aliphatic rings. The molecule has 7 nitrogen and oxygen atoms in total. The van der Waals surface area contributed by atoms with Crippen molar-refractivity contribution in [3.8, 4) is 11.5 Å². The summed E-state index contributed by atoms with van der Waals surface area (Å²) in [6, 6.07) is 7.39. The van der Waals surface area contributed by atoms with Crippen LogP contribution in [0.15, 0.2) is 30.5 Å². The molecule has 1 saturated heterocycles. The second kappa shape index (κ2) is 6.53. The lowest BCUT2D eigenvalue weighted by molar-refractivity contribution is 0.0771. The van der Waals surface area contributed by atoms with E-state index >= 15 is 0 Å². The molecule has 1 amide bonds. The summed E-state index contributed by atoms with van der Waals surface area (Å²) in [6.07, 6.45) is 3.36. The van der Waals surface area contributed by atoms with Crippen molar-refractivity contribution in [2.45, 2.75) is 25.0 Å². The number of piperidine rings is 1. The third-order valence-electron chi connectivity index (χ3n) is 5.96. The van der Waals surface area contributed by atoms with Gasteiger partial charge in [0, 0.05) is 56.8 Å². The molecule has 5 rings (SSSR count). The van der Waals surface area contributed by atoms with Crippen LogP contribution >= 0.6 is 11.6 Å². The monoisotopic (exact) mass is 400 g/mol. The Morgan fingerprint density at radius 3 is 2.79 bits per heavy atom. The number of hydrogen-bond acceptors (Lipinski definition) is 6. The molecule has 3 aliphatic heterocycles. The van der Waals surface area contributed by atoms with Crippen molar-refractivity contribution >= 4 is 23.3 Å². The van der Waals surface area contributed by atoms with Crippen molar-refractivity contribution < 1.29 is 14.3 Å². The minimum Gasteiger partial charge on any atom is -0.454 e. The Bertz CT molecular complexity index is 943. The van der Waals surface area contributed by atoms with Crippen molar-refractivity contribution in [2.24, 2.45) is 0 Å². The quantitative estimate of drug-likeness (QED) is 0.836. The highest BCUT2D eigenvalue weighted by Crippen LogP contribution is 2.38. The number of anilines is 1. The molecule has 0 radical (unpaired) electrons. The number of carbonyl (C=O) groups excluding carboxylic acids is 1. The van der Waals surface area contributed by atoms with Crippen LogP contribution in [-0.2, 0) is 6.54 Å². The van der Waals surface area contributed by atoms with Crippen LogP contribution in [0.3, 0.4) is 0 Å². The highest BCUT2D eigenvalue weighted by molar-refractivity contribution is 6.31. The average Bonchev–Trinajstić information content (AvgIpc) is 3.15. The number of carbonyl (C=O) groups is 1. The predicted octanol–water partition coefficient (Wildman–Crippen LogP) is 2.64. The molecule has 8 heteroatoms. The molecular formula is C20H21ClN4O3. The van der Waals surface area contributed by atoms with Crippen LogP contribution in [-0.4, -0.2) is 48.4 Å². The molecule has 1 aromatic heterocycles. The lowest BCUT2D eigenvalue weighted by Gasteiger charge is -2.50. The normalized spacial score (nSPS) is 20.2. The summed E-state index contributed by atoms with van der Waals surface area (Å²) in [5.41, 5.74) is 1.26. The Morgan fingerprint density at radius 2 is 2.00 bits per heavy atom. The summed E-state index contributed by atoms with van der Waals surface area (Å²) < 4.78 is 10.9. The number of pyridine rings is 1. The standard InChI is InChI=1S/C20H21ClN4O3/c1-24-18-14(3-2-6-22-18)19(26)23-20(24)4-7-25(8-5-20)11-13-9-16-17(10-15(13)21)28-12-27-16/h2-3,6,9-10H,4-5,7-8,11-12H2,1H3,(H,23,26). The van der Waals surface area contributed by atoms with E-state index in [0.717, 1.165) is 49.6 Å². The highest BCUT2D eigenvalue weighted by Gasteiger charge is 2.44. The molecule has 0 atom stereocenters. The maximum absolute atomic E-state index is 12.6. The Labute approximate surface area is 168 Å². The van der Waals surface area contributed by atoms with Gasteiger partial charge in [0.25, 0.3) is 5.91 Å². The van der Waals surface area contributed by atoms with E-state index in [2.05, 4.69) is 20.1 Å². The number of halogens is 1. The first-order chi connectivity index (χ1) is 13.6. The van der Waals surface area contributed by atoms with E-state index in [4.69, 9.17) is 21.1 Å². The number of fused-ring (bicyclic) bond motifs is 2. The Morgan fingerprint density at radius 1 is 1.25 bits per heavy atom. The molecule has 1 N–H and O–H groups in total. The molecule has 0 unspecified atom stereocenters. The number of aromatic nitrogens is 1. The maximum atomic E-state index is 12.6. The fourth-order valence-electron chi connectivity index (χ4n) is 4.27. The van der Waals surface area contributed by atoms with E-state index in [9.17, 15) is 4.79 Å². The van der Waals surface area contributed by atoms with E-state index in [1.54, 1.807) is 12.3 Å². The van der Waals surface area contributed by atoms with Gasteiger partial charge >= 0.3 is 0 Å². The van der Waals surface area contributed by atoms with Gasteiger partial charge in [-0.1, -0.05) is 11.6 Å². The van der Waals surface area contributed by atoms with Gasteiger partial charge in [-0.3, -0.25) is 9.69 Å². The minimum absolute atomic E-state index is 0.0477. The van der Waals surface area contributed by atoms with Crippen molar-refractivity contribution in [2.75, 3.05) is 31.8 Å². The first-order valence-electron chi connectivity index (χ1n) is 9.37. The number of amides is 1. The molecule has 4 heterocycles. The summed E-state index contributed by atoms with van der Waals surface area (Å²) in [7, 11) is 2.01. The number of nitrogens with zero attached hydrogens (tertiary/aromatic N) is 3. The summed E-state index contributed by atoms with van der Waals surface area (Å²) in [6.45, 7) is 2.66. The first-order valence-corrected chi connectivity index (χ1v) is 9.75. The zero-order valence-electron chi connectivity index (χ0n) is 15.6. The van der Waals surface area contributed by atoms with Crippen LogP contribution in [0.5, 0.6) is 11.5 Å². The summed E-state index contributed by atoms with van der Waals surface area (Å²) in [4.78, 5) is 21.5. The SMILES string of the molecule is CN1c2ncccc2C(=O)NC12CCN(Cc1cc3c(cc1Cl)OCO3)CC2. The average molecular weight is 401 g/mol. The van der Waals surface area contributed by atoms with E-state index in [1.807, 2.05) is 25.2 Å². The Kier molecular flexibility index (Phi) is 4.10. The van der Waals surface area contributed by atoms with Crippen molar-refractivity contribution in [3.63, 3.8) is 0 Å². The lowest BCUT2D eigenvalue weighted by atomic mass is 9.91. The van der Waals surface area contributed by atoms with Gasteiger partial charge in [0.2, 0.25) is 6.79 Å². The van der Waals surface area contributed by atoms with Gasteiger partial charge < -0.3 is 19.7 Å². The fourth-order valence-corrected chi connectivity index (χ4v) is 4.48. The largest absolute Gasteiger partial charge is 0.454 e. The first kappa shape index (κ1) is 17.6. The number of rotatable bonds is 2. The van der Waals surface area contributed by atoms with Crippen LogP contribution in [0.1, 0.15) is 28.8 Å². The number of benzene rings is 1. The lowest BCUT2D eigenvalue weighted by Crippen LogP contribution is -2.66. The van der Waals surface area contributed by atoms with E-state index in [0.29, 0.717) is 16.3 Å². The molecule has 0 bridgehead atoms. The predicted molar refractivity (Wildman–Crippen MR) is 105 cm³/mol. The van der Waals surface area contributed by atoms with Crippen LogP contribution in [0, 0.1) is 0 Å². The van der Waals surface area contributed by atoms with Gasteiger partial charge in [-0.2, -0.15) is 0 Å². The zero-order valence-corrected chi connectivity index (χ0v) is 16.3. The number of hydrogen-bond donors (Lipinski definition) is 1. The number of ether oxygens (including phenoxy) is 2. The fraction of sp³-hybridized carbons (Fsp3) is 0.400. The Hall–Kier alpha value is -2.51. The van der Waals surface area contributed by atoms with Crippen molar-refractivity contribution in [1.82, 2.24) is 15.2 Å². The molecule has 146 valence electrons. The molecular weight excluding hydrogens is 380 g/mol. The van der Waals surface area contributed by atoms with E-state index < -0.39 is 5.66 Å². The molecule has 1 fully saturated rings. The summed E-state index contributed by atoms with van der Waals surface area (Å²) in [5, 5.41) is 3.91.